The van der Waals surface area contributed by atoms with Gasteiger partial charge in [0.05, 0.1) is 23.3 Å². The van der Waals surface area contributed by atoms with Crippen molar-refractivity contribution < 1.29 is 69.2 Å². The minimum atomic E-state index is -1.20. The fraction of sp³-hybridized carbons (Fsp3) is 0. The Balaban J connectivity index is -0.000000143. The summed E-state index contributed by atoms with van der Waals surface area (Å²) in [5.41, 5.74) is 1.64. The van der Waals surface area contributed by atoms with Crippen molar-refractivity contribution in [2.75, 3.05) is 0 Å². The first-order valence-electron chi connectivity index (χ1n) is 7.64. The van der Waals surface area contributed by atoms with Gasteiger partial charge in [0.1, 0.15) is 12.7 Å². The normalized spacial score (nSPS) is 8.00. The summed E-state index contributed by atoms with van der Waals surface area (Å²) in [6, 6.07) is 12.1. The third kappa shape index (κ3) is 11.0. The molecule has 2 heterocycles. The van der Waals surface area contributed by atoms with E-state index < -0.39 is 11.9 Å². The number of hydrogen-bond donors (Lipinski definition) is 0. The van der Waals surface area contributed by atoms with Crippen LogP contribution < -0.4 is 10.2 Å². The average Bonchev–Trinajstić information content (AvgIpc) is 3.43. The largest absolute Gasteiger partial charge is 2.00 e. The van der Waals surface area contributed by atoms with Crippen molar-refractivity contribution in [1.29, 1.82) is 0 Å². The molecule has 0 spiro atoms. The summed E-state index contributed by atoms with van der Waals surface area (Å²) >= 11 is 0. The number of tetrazole rings is 2. The van der Waals surface area contributed by atoms with Crippen LogP contribution in [0.25, 0.3) is 11.4 Å². The Kier molecular flexibility index (Phi) is 22.6. The van der Waals surface area contributed by atoms with Crippen molar-refractivity contribution in [2.24, 2.45) is 0 Å². The summed E-state index contributed by atoms with van der Waals surface area (Å²) in [5, 5.41) is 42.0. The summed E-state index contributed by atoms with van der Waals surface area (Å²) in [4.78, 5) is 20.9. The second kappa shape index (κ2) is 19.3. The van der Waals surface area contributed by atoms with Crippen LogP contribution in [0.5, 0.6) is 0 Å². The topological polar surface area (TPSA) is 362 Å². The van der Waals surface area contributed by atoms with Crippen LogP contribution in [0.3, 0.4) is 0 Å². The Hall–Kier alpha value is -4.23. The van der Waals surface area contributed by atoms with E-state index in [1.165, 1.54) is 46.3 Å². The van der Waals surface area contributed by atoms with Crippen molar-refractivity contribution in [2.45, 2.75) is 0 Å². The van der Waals surface area contributed by atoms with Gasteiger partial charge in [0.25, 0.3) is 0 Å². The van der Waals surface area contributed by atoms with Crippen LogP contribution in [0.15, 0.2) is 61.2 Å². The van der Waals surface area contributed by atoms with Gasteiger partial charge in [0, 0.05) is 0 Å². The Morgan fingerprint density at radius 2 is 0.886 bits per heavy atom. The van der Waals surface area contributed by atoms with Gasteiger partial charge in [-0.05, 0) is 56.2 Å². The number of aromatic carboxylic acids is 2. The predicted molar refractivity (Wildman–Crippen MR) is 114 cm³/mol. The van der Waals surface area contributed by atoms with E-state index in [1.54, 1.807) is 24.3 Å². The molecule has 0 radical (unpaired) electrons. The number of nitrogens with zero attached hydrogens (tertiary/aromatic N) is 8. The second-order valence-corrected chi connectivity index (χ2v) is 5.18. The molecule has 0 atom stereocenters. The van der Waals surface area contributed by atoms with E-state index in [1.807, 2.05) is 0 Å². The van der Waals surface area contributed by atoms with Crippen molar-refractivity contribution in [3.63, 3.8) is 0 Å². The number of carbonyl (C=O) groups excluding carboxylic acids is 2. The molecule has 0 aliphatic carbocycles. The molecule has 35 heavy (non-hydrogen) atoms. The quantitative estimate of drug-likeness (QED) is 0.171. The minimum Gasteiger partial charge on any atom is -0.545 e. The van der Waals surface area contributed by atoms with Crippen LogP contribution in [0, 0.1) is 0 Å². The predicted octanol–water partition coefficient (Wildman–Crippen LogP) is -7.29. The van der Waals surface area contributed by atoms with E-state index in [9.17, 15) is 19.8 Å². The fourth-order valence-corrected chi connectivity index (χ4v) is 2.06. The molecule has 0 aliphatic rings. The monoisotopic (exact) mass is 548 g/mol. The van der Waals surface area contributed by atoms with Gasteiger partial charge in [-0.1, -0.05) is 24.3 Å². The number of aromatic nitrogens is 8. The summed E-state index contributed by atoms with van der Waals surface area (Å²) in [7, 11) is 0. The molecule has 16 N–H and O–H groups in total. The van der Waals surface area contributed by atoms with Crippen LogP contribution in [-0.4, -0.2) is 63.3 Å². The molecule has 18 nitrogen and oxygen atoms in total. The molecule has 0 fully saturated rings. The molecule has 4 rings (SSSR count). The van der Waals surface area contributed by atoms with Crippen LogP contribution in [0.2, 0.25) is 0 Å². The summed E-state index contributed by atoms with van der Waals surface area (Å²) in [6.07, 6.45) is 2.85. The van der Waals surface area contributed by atoms with Gasteiger partial charge < -0.3 is 52.7 Å². The molecule has 2 aromatic carbocycles. The zero-order chi connectivity index (χ0) is 19.9. The summed E-state index contributed by atoms with van der Waals surface area (Å²) in [5.74, 6) is -2.40. The van der Waals surface area contributed by atoms with Gasteiger partial charge in [0.15, 0.2) is 0 Å². The van der Waals surface area contributed by atoms with Crippen molar-refractivity contribution in [3.05, 3.63) is 72.3 Å². The number of rotatable bonds is 4. The molecule has 4 aromatic rings. The molecule has 0 saturated heterocycles. The third-order valence-corrected chi connectivity index (χ3v) is 3.43. The van der Waals surface area contributed by atoms with E-state index in [0.717, 1.165) is 0 Å². The molecule has 0 saturated carbocycles. The van der Waals surface area contributed by atoms with E-state index in [2.05, 4.69) is 31.1 Å². The van der Waals surface area contributed by atoms with Crippen LogP contribution >= 0.6 is 0 Å². The van der Waals surface area contributed by atoms with Crippen molar-refractivity contribution in [3.8, 4) is 11.4 Å². The Labute approximate surface area is 205 Å². The standard InChI is InChI=1S/2C8H6N4O2.Ni.6H2O/c2*13-8(14)6-1-3-7(4-2-6)12-5-9-10-11-12;;;;;;;/h2*1-5H,(H,13,14);;6*1H2/q;;+2;;;;;;/p+2. The zero-order valence-electron chi connectivity index (χ0n) is 17.6. The molecule has 0 aliphatic heterocycles. The van der Waals surface area contributed by atoms with Gasteiger partial charge in [-0.15, -0.1) is 10.2 Å². The molecule has 196 valence electrons. The zero-order valence-corrected chi connectivity index (χ0v) is 18.6. The molecule has 0 unspecified atom stereocenters. The Morgan fingerprint density at radius 3 is 1.09 bits per heavy atom. The summed E-state index contributed by atoms with van der Waals surface area (Å²) in [6.45, 7) is 0. The number of benzene rings is 2. The van der Waals surface area contributed by atoms with Crippen LogP contribution in [-0.2, 0) is 38.4 Å². The first-order chi connectivity index (χ1) is 13.5. The Morgan fingerprint density at radius 1 is 0.600 bits per heavy atom. The summed E-state index contributed by atoms with van der Waals surface area (Å²) < 4.78 is 2.86. The maximum absolute atomic E-state index is 10.4. The van der Waals surface area contributed by atoms with Crippen molar-refractivity contribution >= 4 is 11.9 Å². The molecular formula is C16H26N8NiO10+4. The fourth-order valence-electron chi connectivity index (χ4n) is 2.06. The number of carbonyl (C=O) groups is 2. The smallest absolute Gasteiger partial charge is 0.545 e. The SMILES string of the molecule is O.O.O=C([O-])c1ccc(-n2cnnn2)cc1.O=C([O-])c1ccc(-n2cnnn2)cc1.[Ni+2].[OH3+].[OH3+].[OH3+].[OH3+]. The first-order valence-corrected chi connectivity index (χ1v) is 7.64. The maximum atomic E-state index is 10.4. The van der Waals surface area contributed by atoms with Crippen LogP contribution in [0.1, 0.15) is 20.7 Å². The van der Waals surface area contributed by atoms with Gasteiger partial charge in [0.2, 0.25) is 0 Å². The minimum absolute atomic E-state index is 0. The van der Waals surface area contributed by atoms with Gasteiger partial charge >= 0.3 is 16.5 Å². The van der Waals surface area contributed by atoms with Gasteiger partial charge in [-0.2, -0.15) is 0 Å². The third-order valence-electron chi connectivity index (χ3n) is 3.43. The van der Waals surface area contributed by atoms with Crippen molar-refractivity contribution in [1.82, 2.24) is 40.4 Å². The van der Waals surface area contributed by atoms with Gasteiger partial charge in [-0.25, -0.2) is 9.36 Å². The second-order valence-electron chi connectivity index (χ2n) is 5.18. The maximum Gasteiger partial charge on any atom is 2.00 e. The van der Waals surface area contributed by atoms with E-state index >= 15 is 0 Å². The first kappa shape index (κ1) is 41.1. The van der Waals surface area contributed by atoms with Gasteiger partial charge in [-0.3, -0.25) is 0 Å². The Bertz CT molecular complexity index is 977. The average molecular weight is 549 g/mol. The molecule has 0 amide bonds. The number of hydrogen-bond acceptors (Lipinski definition) is 10. The van der Waals surface area contributed by atoms with Crippen LogP contribution in [0.4, 0.5) is 0 Å². The molecule has 19 heteroatoms. The van der Waals surface area contributed by atoms with E-state index in [4.69, 9.17) is 0 Å². The molecule has 2 aromatic heterocycles. The molecule has 0 bridgehead atoms. The number of carboxylic acid groups (broad SMARTS) is 2. The van der Waals surface area contributed by atoms with E-state index in [-0.39, 0.29) is 60.5 Å². The molecular weight excluding hydrogens is 523 g/mol. The number of carboxylic acids is 2. The van der Waals surface area contributed by atoms with E-state index in [0.29, 0.717) is 11.4 Å².